The van der Waals surface area contributed by atoms with Gasteiger partial charge in [-0.05, 0) is 24.6 Å². The number of benzene rings is 3. The molecule has 5 nitrogen and oxygen atoms in total. The van der Waals surface area contributed by atoms with Crippen molar-refractivity contribution in [1.29, 1.82) is 0 Å². The molecule has 0 aromatic heterocycles. The molecule has 1 atom stereocenters. The number of nitrogens with one attached hydrogen (secondary N) is 1. The van der Waals surface area contributed by atoms with Gasteiger partial charge in [0.1, 0.15) is 5.75 Å². The molecule has 0 radical (unpaired) electrons. The van der Waals surface area contributed by atoms with Gasteiger partial charge in [-0.3, -0.25) is 9.59 Å². The van der Waals surface area contributed by atoms with Gasteiger partial charge >= 0.3 is 5.97 Å². The van der Waals surface area contributed by atoms with E-state index in [0.29, 0.717) is 23.6 Å². The van der Waals surface area contributed by atoms with Crippen LogP contribution in [0.4, 0.5) is 5.69 Å². The van der Waals surface area contributed by atoms with Crippen molar-refractivity contribution >= 4 is 17.6 Å². The van der Waals surface area contributed by atoms with Gasteiger partial charge in [0.2, 0.25) is 6.10 Å². The van der Waals surface area contributed by atoms with Gasteiger partial charge in [-0.1, -0.05) is 72.8 Å². The van der Waals surface area contributed by atoms with E-state index in [-0.39, 0.29) is 6.42 Å². The third kappa shape index (κ3) is 5.69. The monoisotopic (exact) mass is 389 g/mol. The predicted molar refractivity (Wildman–Crippen MR) is 112 cm³/mol. The summed E-state index contributed by atoms with van der Waals surface area (Å²) in [4.78, 5) is 25.5. The number of para-hydroxylation sites is 2. The summed E-state index contributed by atoms with van der Waals surface area (Å²) < 4.78 is 11.1. The van der Waals surface area contributed by atoms with Crippen molar-refractivity contribution in [3.63, 3.8) is 0 Å². The topological polar surface area (TPSA) is 64.6 Å². The van der Waals surface area contributed by atoms with Crippen LogP contribution >= 0.6 is 0 Å². The molecule has 5 heteroatoms. The Morgan fingerprint density at radius 2 is 1.48 bits per heavy atom. The molecule has 0 bridgehead atoms. The quantitative estimate of drug-likeness (QED) is 0.574. The van der Waals surface area contributed by atoms with Crippen molar-refractivity contribution in [2.45, 2.75) is 19.4 Å². The minimum Gasteiger partial charge on any atom is -0.492 e. The van der Waals surface area contributed by atoms with Gasteiger partial charge in [-0.2, -0.15) is 0 Å². The van der Waals surface area contributed by atoms with Gasteiger partial charge in [-0.15, -0.1) is 0 Å². The molecule has 1 amide bonds. The number of hydrogen-bond donors (Lipinski definition) is 1. The number of carbonyl (C=O) groups excluding carboxylic acids is 2. The molecule has 3 rings (SSSR count). The maximum Gasteiger partial charge on any atom is 0.311 e. The van der Waals surface area contributed by atoms with Gasteiger partial charge in [-0.25, -0.2) is 0 Å². The molecule has 1 N–H and O–H groups in total. The molecule has 0 aliphatic heterocycles. The van der Waals surface area contributed by atoms with Gasteiger partial charge in [0.15, 0.2) is 0 Å². The minimum atomic E-state index is -1.07. The molecular weight excluding hydrogens is 366 g/mol. The van der Waals surface area contributed by atoms with E-state index in [2.05, 4.69) is 5.32 Å². The van der Waals surface area contributed by atoms with E-state index in [4.69, 9.17) is 9.47 Å². The number of amides is 1. The lowest BCUT2D eigenvalue weighted by Crippen LogP contribution is -2.26. The Bertz CT molecular complexity index is 941. The fourth-order valence-corrected chi connectivity index (χ4v) is 2.89. The summed E-state index contributed by atoms with van der Waals surface area (Å²) in [6.07, 6.45) is -0.977. The summed E-state index contributed by atoms with van der Waals surface area (Å²) in [6, 6.07) is 25.4. The Kier molecular flexibility index (Phi) is 7.00. The third-order valence-electron chi connectivity index (χ3n) is 4.23. The highest BCUT2D eigenvalue weighted by Gasteiger charge is 2.26. The van der Waals surface area contributed by atoms with Crippen LogP contribution < -0.4 is 10.1 Å². The van der Waals surface area contributed by atoms with Crippen molar-refractivity contribution in [2.75, 3.05) is 11.9 Å². The van der Waals surface area contributed by atoms with Gasteiger partial charge < -0.3 is 14.8 Å². The lowest BCUT2D eigenvalue weighted by molar-refractivity contribution is -0.154. The predicted octanol–water partition coefficient (Wildman–Crippen LogP) is 4.55. The zero-order valence-corrected chi connectivity index (χ0v) is 16.2. The highest BCUT2D eigenvalue weighted by molar-refractivity contribution is 5.97. The minimum absolute atomic E-state index is 0.0903. The van der Waals surface area contributed by atoms with Crippen LogP contribution in [0.2, 0.25) is 0 Å². The normalized spacial score (nSPS) is 11.3. The first-order valence-corrected chi connectivity index (χ1v) is 9.48. The number of anilines is 1. The van der Waals surface area contributed by atoms with Crippen molar-refractivity contribution in [1.82, 2.24) is 0 Å². The Labute approximate surface area is 170 Å². The van der Waals surface area contributed by atoms with Crippen LogP contribution in [0.3, 0.4) is 0 Å². The Morgan fingerprint density at radius 3 is 2.17 bits per heavy atom. The summed E-state index contributed by atoms with van der Waals surface area (Å²) in [5, 5.41) is 2.82. The molecule has 0 saturated heterocycles. The van der Waals surface area contributed by atoms with Crippen molar-refractivity contribution in [3.8, 4) is 5.75 Å². The zero-order chi connectivity index (χ0) is 20.5. The largest absolute Gasteiger partial charge is 0.492 e. The molecule has 29 heavy (non-hydrogen) atoms. The smallest absolute Gasteiger partial charge is 0.311 e. The van der Waals surface area contributed by atoms with E-state index in [1.807, 2.05) is 49.4 Å². The molecule has 3 aromatic carbocycles. The number of ether oxygens (including phenoxy) is 2. The molecule has 3 aromatic rings. The second kappa shape index (κ2) is 10.1. The van der Waals surface area contributed by atoms with E-state index in [0.717, 1.165) is 5.56 Å². The maximum atomic E-state index is 13.0. The fourth-order valence-electron chi connectivity index (χ4n) is 2.89. The Hall–Kier alpha value is -3.60. The van der Waals surface area contributed by atoms with Crippen molar-refractivity contribution in [2.24, 2.45) is 0 Å². The average molecular weight is 389 g/mol. The summed E-state index contributed by atoms with van der Waals surface area (Å²) >= 11 is 0. The lowest BCUT2D eigenvalue weighted by Gasteiger charge is -2.19. The van der Waals surface area contributed by atoms with Crippen LogP contribution in [-0.4, -0.2) is 18.5 Å². The van der Waals surface area contributed by atoms with Gasteiger partial charge in [0, 0.05) is 5.56 Å². The molecule has 0 aliphatic carbocycles. The van der Waals surface area contributed by atoms with Crippen LogP contribution in [0.5, 0.6) is 5.75 Å². The van der Waals surface area contributed by atoms with Crippen LogP contribution in [0.1, 0.15) is 24.2 Å². The summed E-state index contributed by atoms with van der Waals surface area (Å²) in [5.41, 5.74) is 1.95. The molecule has 0 unspecified atom stereocenters. The number of hydrogen-bond acceptors (Lipinski definition) is 4. The van der Waals surface area contributed by atoms with E-state index in [9.17, 15) is 9.59 Å². The van der Waals surface area contributed by atoms with Crippen molar-refractivity contribution < 1.29 is 19.1 Å². The molecule has 0 fully saturated rings. The number of carbonyl (C=O) groups is 2. The molecule has 148 valence electrons. The number of esters is 1. The zero-order valence-electron chi connectivity index (χ0n) is 16.2. The van der Waals surface area contributed by atoms with Crippen LogP contribution in [0, 0.1) is 0 Å². The summed E-state index contributed by atoms with van der Waals surface area (Å²) in [6.45, 7) is 2.35. The first-order valence-electron chi connectivity index (χ1n) is 9.48. The van der Waals surface area contributed by atoms with Crippen LogP contribution in [0.15, 0.2) is 84.9 Å². The van der Waals surface area contributed by atoms with Crippen LogP contribution in [0.25, 0.3) is 0 Å². The van der Waals surface area contributed by atoms with E-state index in [1.54, 1.807) is 42.5 Å². The second-order valence-electron chi connectivity index (χ2n) is 6.36. The summed E-state index contributed by atoms with van der Waals surface area (Å²) in [7, 11) is 0. The van der Waals surface area contributed by atoms with E-state index >= 15 is 0 Å². The highest BCUT2D eigenvalue weighted by Crippen LogP contribution is 2.27. The van der Waals surface area contributed by atoms with Crippen molar-refractivity contribution in [3.05, 3.63) is 96.1 Å². The first-order chi connectivity index (χ1) is 14.2. The molecule has 0 aliphatic rings. The second-order valence-corrected chi connectivity index (χ2v) is 6.36. The summed E-state index contributed by atoms with van der Waals surface area (Å²) in [5.74, 6) is -0.353. The van der Waals surface area contributed by atoms with Gasteiger partial charge in [0.05, 0.1) is 18.7 Å². The lowest BCUT2D eigenvalue weighted by atomic mass is 10.1. The van der Waals surface area contributed by atoms with Gasteiger partial charge in [0.25, 0.3) is 5.91 Å². The average Bonchev–Trinajstić information content (AvgIpc) is 2.75. The number of rotatable bonds is 8. The standard InChI is InChI=1S/C24H23NO4/c1-2-28-21-16-10-9-15-20(21)25-24(27)23(19-13-7-4-8-14-19)29-22(26)17-18-11-5-3-6-12-18/h3-16,23H,2,17H2,1H3,(H,25,27)/t23-/m0/s1. The van der Waals surface area contributed by atoms with E-state index < -0.39 is 18.0 Å². The van der Waals surface area contributed by atoms with Crippen LogP contribution in [-0.2, 0) is 20.7 Å². The van der Waals surface area contributed by atoms with E-state index in [1.165, 1.54) is 0 Å². The molecule has 0 spiro atoms. The molecule has 0 saturated carbocycles. The fraction of sp³-hybridized carbons (Fsp3) is 0.167. The first kappa shape index (κ1) is 20.1. The maximum absolute atomic E-state index is 13.0. The SMILES string of the molecule is CCOc1ccccc1NC(=O)[C@@H](OC(=O)Cc1ccccc1)c1ccccc1. The highest BCUT2D eigenvalue weighted by atomic mass is 16.5. The molecule has 0 heterocycles. The Balaban J connectivity index is 1.78. The molecular formula is C24H23NO4. The Morgan fingerprint density at radius 1 is 0.862 bits per heavy atom. The third-order valence-corrected chi connectivity index (χ3v) is 4.23.